The van der Waals surface area contributed by atoms with Gasteiger partial charge in [0.25, 0.3) is 0 Å². The lowest BCUT2D eigenvalue weighted by Gasteiger charge is -2.19. The first-order valence-corrected chi connectivity index (χ1v) is 6.73. The molecule has 0 spiro atoms. The Hall–Kier alpha value is -0.170. The lowest BCUT2D eigenvalue weighted by Crippen LogP contribution is -2.30. The van der Waals surface area contributed by atoms with Crippen LogP contribution >= 0.6 is 0 Å². The average molecular weight is 240 g/mol. The maximum atomic E-state index is 11.1. The molecule has 0 aliphatic heterocycles. The molecular formula is C9H20O5S. The second kappa shape index (κ2) is 7.16. The van der Waals surface area contributed by atoms with Crippen molar-refractivity contribution in [3.63, 3.8) is 0 Å². The summed E-state index contributed by atoms with van der Waals surface area (Å²) >= 11 is 0. The molecule has 0 rings (SSSR count). The minimum Gasteiger partial charge on any atom is -0.388 e. The third kappa shape index (κ3) is 6.09. The van der Waals surface area contributed by atoms with Gasteiger partial charge in [0.15, 0.2) is 6.29 Å². The van der Waals surface area contributed by atoms with Crippen LogP contribution in [0.5, 0.6) is 0 Å². The van der Waals surface area contributed by atoms with Crippen molar-refractivity contribution in [3.05, 3.63) is 0 Å². The molecule has 0 amide bonds. The quantitative estimate of drug-likeness (QED) is 0.613. The SMILES string of the molecule is CCS(=O)(=O)CCCC(O)C(OC)OC. The van der Waals surface area contributed by atoms with E-state index in [1.807, 2.05) is 0 Å². The molecule has 92 valence electrons. The summed E-state index contributed by atoms with van der Waals surface area (Å²) in [5.74, 6) is 0.238. The first-order chi connectivity index (χ1) is 6.96. The van der Waals surface area contributed by atoms with Gasteiger partial charge in [0.2, 0.25) is 0 Å². The maximum absolute atomic E-state index is 11.1. The van der Waals surface area contributed by atoms with Crippen molar-refractivity contribution in [2.24, 2.45) is 0 Å². The van der Waals surface area contributed by atoms with Gasteiger partial charge in [0, 0.05) is 20.0 Å². The summed E-state index contributed by atoms with van der Waals surface area (Å²) in [6.07, 6.45) is -0.701. The highest BCUT2D eigenvalue weighted by atomic mass is 32.2. The highest BCUT2D eigenvalue weighted by Gasteiger charge is 2.18. The summed E-state index contributed by atoms with van der Waals surface area (Å²) in [5, 5.41) is 9.53. The Morgan fingerprint density at radius 2 is 1.80 bits per heavy atom. The Bertz CT molecular complexity index is 245. The average Bonchev–Trinajstić information content (AvgIpc) is 2.19. The first kappa shape index (κ1) is 14.8. The highest BCUT2D eigenvalue weighted by Crippen LogP contribution is 2.07. The smallest absolute Gasteiger partial charge is 0.182 e. The van der Waals surface area contributed by atoms with Crippen LogP contribution in [0.3, 0.4) is 0 Å². The normalized spacial score (nSPS) is 14.5. The van der Waals surface area contributed by atoms with Gasteiger partial charge in [-0.1, -0.05) is 6.92 Å². The molecule has 6 heteroatoms. The van der Waals surface area contributed by atoms with Crippen molar-refractivity contribution in [3.8, 4) is 0 Å². The van der Waals surface area contributed by atoms with Crippen molar-refractivity contribution in [1.29, 1.82) is 0 Å². The molecule has 15 heavy (non-hydrogen) atoms. The van der Waals surface area contributed by atoms with E-state index in [9.17, 15) is 13.5 Å². The molecular weight excluding hydrogens is 220 g/mol. The Morgan fingerprint density at radius 3 is 2.20 bits per heavy atom. The molecule has 0 aliphatic carbocycles. The lowest BCUT2D eigenvalue weighted by molar-refractivity contribution is -0.165. The summed E-state index contributed by atoms with van der Waals surface area (Å²) in [6, 6.07) is 0. The lowest BCUT2D eigenvalue weighted by atomic mass is 10.2. The van der Waals surface area contributed by atoms with Crippen molar-refractivity contribution >= 4 is 9.84 Å². The maximum Gasteiger partial charge on any atom is 0.182 e. The summed E-state index contributed by atoms with van der Waals surface area (Å²) in [6.45, 7) is 1.61. The van der Waals surface area contributed by atoms with E-state index >= 15 is 0 Å². The van der Waals surface area contributed by atoms with Crippen LogP contribution in [-0.2, 0) is 19.3 Å². The van der Waals surface area contributed by atoms with Crippen LogP contribution in [0.2, 0.25) is 0 Å². The van der Waals surface area contributed by atoms with E-state index in [1.165, 1.54) is 14.2 Å². The van der Waals surface area contributed by atoms with E-state index in [0.717, 1.165) is 0 Å². The van der Waals surface area contributed by atoms with E-state index in [0.29, 0.717) is 12.8 Å². The second-order valence-electron chi connectivity index (χ2n) is 3.29. The zero-order chi connectivity index (χ0) is 11.9. The van der Waals surface area contributed by atoms with Gasteiger partial charge in [-0.2, -0.15) is 0 Å². The van der Waals surface area contributed by atoms with E-state index in [1.54, 1.807) is 6.92 Å². The summed E-state index contributed by atoms with van der Waals surface area (Å²) < 4.78 is 32.0. The van der Waals surface area contributed by atoms with Crippen molar-refractivity contribution in [2.45, 2.75) is 32.2 Å². The number of methoxy groups -OCH3 is 2. The van der Waals surface area contributed by atoms with Gasteiger partial charge in [-0.05, 0) is 12.8 Å². The fraction of sp³-hybridized carbons (Fsp3) is 1.00. The van der Waals surface area contributed by atoms with Crippen LogP contribution in [-0.4, -0.2) is 51.6 Å². The molecule has 0 fully saturated rings. The third-order valence-corrected chi connectivity index (χ3v) is 3.96. The van der Waals surface area contributed by atoms with Crippen LogP contribution in [0.25, 0.3) is 0 Å². The van der Waals surface area contributed by atoms with Gasteiger partial charge in [-0.15, -0.1) is 0 Å². The predicted molar refractivity (Wildman–Crippen MR) is 57.4 cm³/mol. The van der Waals surface area contributed by atoms with Gasteiger partial charge in [-0.3, -0.25) is 0 Å². The molecule has 0 aromatic heterocycles. The number of rotatable bonds is 8. The van der Waals surface area contributed by atoms with Crippen LogP contribution in [0.1, 0.15) is 19.8 Å². The summed E-state index contributed by atoms with van der Waals surface area (Å²) in [7, 11) is -0.0856. The van der Waals surface area contributed by atoms with Crippen LogP contribution in [0.4, 0.5) is 0 Å². The Kier molecular flexibility index (Phi) is 7.08. The molecule has 0 aromatic rings. The Labute approximate surface area is 91.3 Å². The number of aliphatic hydroxyl groups excluding tert-OH is 1. The van der Waals surface area contributed by atoms with Gasteiger partial charge in [0.1, 0.15) is 15.9 Å². The molecule has 5 nitrogen and oxygen atoms in total. The highest BCUT2D eigenvalue weighted by molar-refractivity contribution is 7.91. The van der Waals surface area contributed by atoms with Crippen molar-refractivity contribution in [2.75, 3.05) is 25.7 Å². The van der Waals surface area contributed by atoms with Crippen LogP contribution < -0.4 is 0 Å². The largest absolute Gasteiger partial charge is 0.388 e. The van der Waals surface area contributed by atoms with E-state index in [4.69, 9.17) is 9.47 Å². The van der Waals surface area contributed by atoms with Crippen molar-refractivity contribution in [1.82, 2.24) is 0 Å². The Balaban J connectivity index is 3.86. The first-order valence-electron chi connectivity index (χ1n) is 4.91. The number of sulfone groups is 1. The zero-order valence-electron chi connectivity index (χ0n) is 9.47. The molecule has 0 saturated heterocycles. The zero-order valence-corrected chi connectivity index (χ0v) is 10.3. The van der Waals surface area contributed by atoms with Gasteiger partial charge in [-0.25, -0.2) is 8.42 Å². The number of hydrogen-bond donors (Lipinski definition) is 1. The predicted octanol–water partition coefficient (Wildman–Crippen LogP) is 0.181. The molecule has 1 atom stereocenters. The van der Waals surface area contributed by atoms with Crippen molar-refractivity contribution < 1.29 is 23.0 Å². The molecule has 0 radical (unpaired) electrons. The van der Waals surface area contributed by atoms with Gasteiger partial charge in [0.05, 0.1) is 5.75 Å². The van der Waals surface area contributed by atoms with Gasteiger partial charge >= 0.3 is 0 Å². The molecule has 0 aliphatic rings. The van der Waals surface area contributed by atoms with E-state index < -0.39 is 22.2 Å². The third-order valence-electron chi connectivity index (χ3n) is 2.17. The van der Waals surface area contributed by atoms with E-state index in [2.05, 4.69) is 0 Å². The monoisotopic (exact) mass is 240 g/mol. The molecule has 0 aromatic carbocycles. The fourth-order valence-electron chi connectivity index (χ4n) is 1.20. The second-order valence-corrected chi connectivity index (χ2v) is 5.76. The molecule has 1 N–H and O–H groups in total. The number of ether oxygens (including phenoxy) is 2. The summed E-state index contributed by atoms with van der Waals surface area (Å²) in [4.78, 5) is 0. The fourth-order valence-corrected chi connectivity index (χ4v) is 2.10. The van der Waals surface area contributed by atoms with Gasteiger partial charge < -0.3 is 14.6 Å². The molecule has 0 heterocycles. The minimum absolute atomic E-state index is 0.0979. The standard InChI is InChI=1S/C9H20O5S/c1-4-15(11,12)7-5-6-8(10)9(13-2)14-3/h8-10H,4-7H2,1-3H3. The van der Waals surface area contributed by atoms with Crippen LogP contribution in [0, 0.1) is 0 Å². The topological polar surface area (TPSA) is 72.8 Å². The molecule has 0 saturated carbocycles. The number of hydrogen-bond acceptors (Lipinski definition) is 5. The van der Waals surface area contributed by atoms with E-state index in [-0.39, 0.29) is 11.5 Å². The minimum atomic E-state index is -2.95. The molecule has 1 unspecified atom stereocenters. The number of aliphatic hydroxyl groups is 1. The molecule has 0 bridgehead atoms. The summed E-state index contributed by atoms with van der Waals surface area (Å²) in [5.41, 5.74) is 0. The Morgan fingerprint density at radius 1 is 1.27 bits per heavy atom. The van der Waals surface area contributed by atoms with Crippen LogP contribution in [0.15, 0.2) is 0 Å².